The molecule has 1 rings (SSSR count). The van der Waals surface area contributed by atoms with Crippen molar-refractivity contribution in [1.82, 2.24) is 0 Å². The molecule has 1 saturated heterocycles. The number of hydrogen-bond acceptors (Lipinski definition) is 3. The summed E-state index contributed by atoms with van der Waals surface area (Å²) in [5.74, 6) is -0.529. The number of ether oxygens (including phenoxy) is 2. The van der Waals surface area contributed by atoms with E-state index in [9.17, 15) is 4.79 Å². The highest BCUT2D eigenvalue weighted by Gasteiger charge is 2.42. The minimum atomic E-state index is -0.623. The molecule has 0 amide bonds. The predicted octanol–water partition coefficient (Wildman–Crippen LogP) is 2.55. The van der Waals surface area contributed by atoms with Crippen molar-refractivity contribution in [3.63, 3.8) is 0 Å². The molecule has 0 unspecified atom stereocenters. The first-order valence-corrected chi connectivity index (χ1v) is 5.83. The monoisotopic (exact) mass is 226 g/mol. The highest BCUT2D eigenvalue weighted by Crippen LogP contribution is 2.35. The van der Waals surface area contributed by atoms with Crippen LogP contribution in [0.25, 0.3) is 0 Å². The third-order valence-electron chi connectivity index (χ3n) is 3.09. The third-order valence-corrected chi connectivity index (χ3v) is 3.09. The Hall–Kier alpha value is -0.670. The number of aldehydes is 1. The van der Waals surface area contributed by atoms with Crippen molar-refractivity contribution in [3.05, 3.63) is 12.7 Å². The van der Waals surface area contributed by atoms with Gasteiger partial charge in [-0.05, 0) is 20.3 Å². The lowest BCUT2D eigenvalue weighted by atomic mass is 9.87. The van der Waals surface area contributed by atoms with Crippen molar-refractivity contribution in [1.29, 1.82) is 0 Å². The van der Waals surface area contributed by atoms with Gasteiger partial charge in [0.2, 0.25) is 0 Å². The van der Waals surface area contributed by atoms with Crippen molar-refractivity contribution in [2.75, 3.05) is 0 Å². The van der Waals surface area contributed by atoms with E-state index in [1.165, 1.54) is 0 Å². The Morgan fingerprint density at radius 2 is 2.06 bits per heavy atom. The molecule has 0 spiro atoms. The average molecular weight is 226 g/mol. The normalized spacial score (nSPS) is 35.4. The second-order valence-electron chi connectivity index (χ2n) is 5.02. The summed E-state index contributed by atoms with van der Waals surface area (Å²) in [5, 5.41) is 0. The quantitative estimate of drug-likeness (QED) is 0.546. The fourth-order valence-electron chi connectivity index (χ4n) is 2.24. The molecular formula is C13H22O3. The van der Waals surface area contributed by atoms with E-state index < -0.39 is 5.79 Å². The van der Waals surface area contributed by atoms with Crippen LogP contribution >= 0.6 is 0 Å². The minimum Gasteiger partial charge on any atom is -0.347 e. The van der Waals surface area contributed by atoms with Gasteiger partial charge in [0, 0.05) is 11.8 Å². The van der Waals surface area contributed by atoms with E-state index in [-0.39, 0.29) is 24.0 Å². The molecule has 0 radical (unpaired) electrons. The van der Waals surface area contributed by atoms with E-state index in [0.717, 1.165) is 12.7 Å². The number of rotatable bonds is 4. The smallest absolute Gasteiger partial charge is 0.163 e. The summed E-state index contributed by atoms with van der Waals surface area (Å²) < 4.78 is 11.7. The zero-order valence-electron chi connectivity index (χ0n) is 10.6. The maximum Gasteiger partial charge on any atom is 0.163 e. The fraction of sp³-hybridized carbons (Fsp3) is 0.769. The molecule has 92 valence electrons. The summed E-state index contributed by atoms with van der Waals surface area (Å²) in [5.41, 5.74) is 0. The minimum absolute atomic E-state index is 0.0775. The molecule has 0 aliphatic carbocycles. The Morgan fingerprint density at radius 3 is 2.56 bits per heavy atom. The highest BCUT2D eigenvalue weighted by molar-refractivity contribution is 5.54. The van der Waals surface area contributed by atoms with Crippen LogP contribution in [0.5, 0.6) is 0 Å². The van der Waals surface area contributed by atoms with Crippen molar-refractivity contribution < 1.29 is 14.3 Å². The molecule has 1 aliphatic heterocycles. The van der Waals surface area contributed by atoms with Crippen molar-refractivity contribution in [2.45, 2.75) is 52.1 Å². The molecule has 3 nitrogen and oxygen atoms in total. The Balaban J connectivity index is 2.83. The Morgan fingerprint density at radius 1 is 1.44 bits per heavy atom. The van der Waals surface area contributed by atoms with Crippen LogP contribution in [0.4, 0.5) is 0 Å². The summed E-state index contributed by atoms with van der Waals surface area (Å²) >= 11 is 0. The van der Waals surface area contributed by atoms with Crippen LogP contribution < -0.4 is 0 Å². The first-order valence-electron chi connectivity index (χ1n) is 5.83. The number of carbonyl (C=O) groups is 1. The average Bonchev–Trinajstić information content (AvgIpc) is 2.22. The molecule has 0 aromatic rings. The Kier molecular flexibility index (Phi) is 4.28. The molecule has 0 bridgehead atoms. The largest absolute Gasteiger partial charge is 0.347 e. The zero-order valence-corrected chi connectivity index (χ0v) is 10.6. The Labute approximate surface area is 97.8 Å². The number of carbonyl (C=O) groups excluding carboxylic acids is 1. The summed E-state index contributed by atoms with van der Waals surface area (Å²) in [6.45, 7) is 11.5. The summed E-state index contributed by atoms with van der Waals surface area (Å²) in [6, 6.07) is 0. The van der Waals surface area contributed by atoms with Gasteiger partial charge in [-0.3, -0.25) is 0 Å². The van der Waals surface area contributed by atoms with Gasteiger partial charge in [0.15, 0.2) is 5.79 Å². The van der Waals surface area contributed by atoms with Gasteiger partial charge in [-0.2, -0.15) is 0 Å². The fourth-order valence-corrected chi connectivity index (χ4v) is 2.24. The lowest BCUT2D eigenvalue weighted by Gasteiger charge is -2.46. The van der Waals surface area contributed by atoms with E-state index >= 15 is 0 Å². The van der Waals surface area contributed by atoms with E-state index in [1.54, 1.807) is 0 Å². The van der Waals surface area contributed by atoms with Crippen LogP contribution in [-0.2, 0) is 14.3 Å². The maximum atomic E-state index is 10.9. The first-order chi connectivity index (χ1) is 7.41. The van der Waals surface area contributed by atoms with Crippen LogP contribution in [0.3, 0.4) is 0 Å². The second kappa shape index (κ2) is 5.11. The van der Waals surface area contributed by atoms with Gasteiger partial charge in [0.05, 0.1) is 12.2 Å². The van der Waals surface area contributed by atoms with Gasteiger partial charge < -0.3 is 14.3 Å². The molecule has 0 N–H and O–H groups in total. The van der Waals surface area contributed by atoms with Crippen molar-refractivity contribution in [2.24, 2.45) is 11.8 Å². The van der Waals surface area contributed by atoms with Crippen LogP contribution in [0.15, 0.2) is 12.7 Å². The summed E-state index contributed by atoms with van der Waals surface area (Å²) in [6.07, 6.45) is 3.59. The molecule has 0 aromatic heterocycles. The van der Waals surface area contributed by atoms with Crippen molar-refractivity contribution >= 4 is 6.29 Å². The van der Waals surface area contributed by atoms with Gasteiger partial charge in [-0.15, -0.1) is 6.58 Å². The lowest BCUT2D eigenvalue weighted by Crippen LogP contribution is -2.52. The standard InChI is InChI=1S/C13H22O3/c1-6-7-11-10(3)12(9(2)8-14)16-13(4,5)15-11/h6,8-12H,1,7H2,2-5H3/t9-,10-,11+,12+/m1/s1. The topological polar surface area (TPSA) is 35.5 Å². The van der Waals surface area contributed by atoms with Crippen LogP contribution in [-0.4, -0.2) is 24.3 Å². The zero-order chi connectivity index (χ0) is 12.3. The summed E-state index contributed by atoms with van der Waals surface area (Å²) in [4.78, 5) is 10.9. The van der Waals surface area contributed by atoms with E-state index in [4.69, 9.17) is 9.47 Å². The predicted molar refractivity (Wildman–Crippen MR) is 63.0 cm³/mol. The molecule has 4 atom stereocenters. The molecule has 0 aromatic carbocycles. The Bertz CT molecular complexity index is 260. The van der Waals surface area contributed by atoms with Gasteiger partial charge in [-0.1, -0.05) is 19.9 Å². The number of hydrogen-bond donors (Lipinski definition) is 0. The van der Waals surface area contributed by atoms with Gasteiger partial charge in [0.1, 0.15) is 6.29 Å². The lowest BCUT2D eigenvalue weighted by molar-refractivity contribution is -0.323. The summed E-state index contributed by atoms with van der Waals surface area (Å²) in [7, 11) is 0. The molecule has 3 heteroatoms. The first kappa shape index (κ1) is 13.4. The highest BCUT2D eigenvalue weighted by atomic mass is 16.7. The van der Waals surface area contributed by atoms with Gasteiger partial charge in [-0.25, -0.2) is 0 Å². The van der Waals surface area contributed by atoms with E-state index in [0.29, 0.717) is 0 Å². The molecular weight excluding hydrogens is 204 g/mol. The maximum absolute atomic E-state index is 10.9. The second-order valence-corrected chi connectivity index (χ2v) is 5.02. The van der Waals surface area contributed by atoms with Crippen LogP contribution in [0.1, 0.15) is 34.1 Å². The van der Waals surface area contributed by atoms with E-state index in [1.807, 2.05) is 26.8 Å². The molecule has 0 saturated carbocycles. The molecule has 1 fully saturated rings. The molecule has 1 aliphatic rings. The SMILES string of the molecule is C=CC[C@@H]1OC(C)(C)O[C@@H]([C@H](C)C=O)[C@@H]1C. The third kappa shape index (κ3) is 2.92. The van der Waals surface area contributed by atoms with Crippen LogP contribution in [0.2, 0.25) is 0 Å². The molecule has 16 heavy (non-hydrogen) atoms. The van der Waals surface area contributed by atoms with Crippen LogP contribution in [0, 0.1) is 11.8 Å². The van der Waals surface area contributed by atoms with E-state index in [2.05, 4.69) is 13.5 Å². The van der Waals surface area contributed by atoms with Gasteiger partial charge >= 0.3 is 0 Å². The molecule has 1 heterocycles. The van der Waals surface area contributed by atoms with Gasteiger partial charge in [0.25, 0.3) is 0 Å². The van der Waals surface area contributed by atoms with Crippen molar-refractivity contribution in [3.8, 4) is 0 Å².